The van der Waals surface area contributed by atoms with Crippen LogP contribution in [-0.2, 0) is 4.79 Å². The van der Waals surface area contributed by atoms with Gasteiger partial charge in [-0.05, 0) is 37.1 Å². The highest BCUT2D eigenvalue weighted by molar-refractivity contribution is 6.35. The van der Waals surface area contributed by atoms with Crippen LogP contribution in [0.5, 0.6) is 0 Å². The zero-order valence-electron chi connectivity index (χ0n) is 11.6. The Bertz CT molecular complexity index is 551. The zero-order valence-corrected chi connectivity index (χ0v) is 13.1. The Morgan fingerprint density at radius 2 is 2.09 bits per heavy atom. The van der Waals surface area contributed by atoms with E-state index in [-0.39, 0.29) is 19.0 Å². The number of nitrogens with one attached hydrogen (secondary N) is 1. The van der Waals surface area contributed by atoms with Gasteiger partial charge in [-0.15, -0.1) is 0 Å². The average molecular weight is 355 g/mol. The maximum Gasteiger partial charge on any atom is 0.389 e. The van der Waals surface area contributed by atoms with Crippen LogP contribution in [0.2, 0.25) is 10.0 Å². The Morgan fingerprint density at radius 3 is 2.77 bits per heavy atom. The van der Waals surface area contributed by atoms with Gasteiger partial charge in [0.2, 0.25) is 5.91 Å². The number of hydrogen-bond donors (Lipinski definition) is 1. The van der Waals surface area contributed by atoms with Gasteiger partial charge in [0.15, 0.2) is 0 Å². The summed E-state index contributed by atoms with van der Waals surface area (Å²) in [4.78, 5) is 13.7. The van der Waals surface area contributed by atoms with Crippen LogP contribution in [0.1, 0.15) is 12.8 Å². The van der Waals surface area contributed by atoms with Crippen LogP contribution in [0.15, 0.2) is 18.2 Å². The fourth-order valence-electron chi connectivity index (χ4n) is 2.54. The predicted molar refractivity (Wildman–Crippen MR) is 80.3 cm³/mol. The number of nitrogens with zero attached hydrogens (tertiary/aromatic N) is 1. The molecule has 1 aromatic rings. The molecule has 122 valence electrons. The maximum atomic E-state index is 12.3. The Balaban J connectivity index is 1.84. The minimum atomic E-state index is -4.16. The van der Waals surface area contributed by atoms with Crippen LogP contribution in [0.3, 0.4) is 0 Å². The van der Waals surface area contributed by atoms with Gasteiger partial charge in [-0.3, -0.25) is 9.69 Å². The molecule has 0 bridgehead atoms. The number of carbonyl (C=O) groups is 1. The Labute approximate surface area is 136 Å². The first-order valence-electron chi connectivity index (χ1n) is 6.77. The average Bonchev–Trinajstić information content (AvgIpc) is 2.78. The first-order valence-corrected chi connectivity index (χ1v) is 7.52. The molecule has 0 aromatic heterocycles. The molecule has 3 nitrogen and oxygen atoms in total. The Morgan fingerprint density at radius 1 is 1.36 bits per heavy atom. The lowest BCUT2D eigenvalue weighted by Gasteiger charge is -2.17. The van der Waals surface area contributed by atoms with E-state index in [1.807, 2.05) is 0 Å². The minimum Gasteiger partial charge on any atom is -0.324 e. The number of benzene rings is 1. The van der Waals surface area contributed by atoms with Crippen LogP contribution in [-0.4, -0.2) is 36.6 Å². The number of alkyl halides is 3. The SMILES string of the molecule is O=C(CN1CCC(CC(F)(F)F)C1)Nc1cc(Cl)ccc1Cl. The second kappa shape index (κ2) is 7.06. The van der Waals surface area contributed by atoms with E-state index in [0.29, 0.717) is 28.7 Å². The summed E-state index contributed by atoms with van der Waals surface area (Å²) >= 11 is 11.8. The van der Waals surface area contributed by atoms with Gasteiger partial charge in [0.05, 0.1) is 17.3 Å². The van der Waals surface area contributed by atoms with Crippen molar-refractivity contribution in [1.82, 2.24) is 4.90 Å². The molecule has 0 saturated carbocycles. The number of amides is 1. The first-order chi connectivity index (χ1) is 10.2. The summed E-state index contributed by atoms with van der Waals surface area (Å²) < 4.78 is 37.0. The molecule has 2 rings (SSSR count). The van der Waals surface area contributed by atoms with Gasteiger partial charge in [-0.2, -0.15) is 13.2 Å². The highest BCUT2D eigenvalue weighted by Crippen LogP contribution is 2.30. The van der Waals surface area contributed by atoms with Gasteiger partial charge in [-0.1, -0.05) is 23.2 Å². The van der Waals surface area contributed by atoms with E-state index in [0.717, 1.165) is 0 Å². The lowest BCUT2D eigenvalue weighted by Crippen LogP contribution is -2.32. The summed E-state index contributed by atoms with van der Waals surface area (Å²) in [5.41, 5.74) is 0.394. The molecule has 0 aliphatic carbocycles. The van der Waals surface area contributed by atoms with E-state index in [2.05, 4.69) is 5.32 Å². The fraction of sp³-hybridized carbons (Fsp3) is 0.500. The predicted octanol–water partition coefficient (Wildman–Crippen LogP) is 4.21. The molecule has 1 heterocycles. The van der Waals surface area contributed by atoms with Gasteiger partial charge in [0.1, 0.15) is 0 Å². The van der Waals surface area contributed by atoms with Crippen LogP contribution in [0.25, 0.3) is 0 Å². The molecule has 1 N–H and O–H groups in total. The van der Waals surface area contributed by atoms with Crippen molar-refractivity contribution in [3.63, 3.8) is 0 Å². The quantitative estimate of drug-likeness (QED) is 0.878. The molecule has 0 radical (unpaired) electrons. The molecule has 1 aliphatic rings. The second-order valence-electron chi connectivity index (χ2n) is 5.38. The van der Waals surface area contributed by atoms with Crippen molar-refractivity contribution in [2.75, 3.05) is 25.0 Å². The molecular weight excluding hydrogens is 340 g/mol. The number of rotatable bonds is 4. The van der Waals surface area contributed by atoms with Crippen molar-refractivity contribution in [3.8, 4) is 0 Å². The summed E-state index contributed by atoms with van der Waals surface area (Å²) in [6.45, 7) is 0.796. The Hall–Kier alpha value is -0.980. The standard InChI is InChI=1S/C14H15Cl2F3N2O/c15-10-1-2-11(16)12(5-10)20-13(22)8-21-4-3-9(7-21)6-14(17,18)19/h1-2,5,9H,3-4,6-8H2,(H,20,22). The van der Waals surface area contributed by atoms with E-state index in [1.165, 1.54) is 6.07 Å². The lowest BCUT2D eigenvalue weighted by atomic mass is 10.1. The van der Waals surface area contributed by atoms with Gasteiger partial charge < -0.3 is 5.32 Å². The lowest BCUT2D eigenvalue weighted by molar-refractivity contribution is -0.143. The van der Waals surface area contributed by atoms with Crippen molar-refractivity contribution >= 4 is 34.8 Å². The summed E-state index contributed by atoms with van der Waals surface area (Å²) in [6.07, 6.45) is -4.51. The zero-order chi connectivity index (χ0) is 16.3. The maximum absolute atomic E-state index is 12.3. The van der Waals surface area contributed by atoms with E-state index in [9.17, 15) is 18.0 Å². The molecule has 0 spiro atoms. The number of halogens is 5. The summed E-state index contributed by atoms with van der Waals surface area (Å²) in [5.74, 6) is -0.764. The second-order valence-corrected chi connectivity index (χ2v) is 6.23. The smallest absolute Gasteiger partial charge is 0.324 e. The molecule has 1 unspecified atom stereocenters. The van der Waals surface area contributed by atoms with Gasteiger partial charge in [0, 0.05) is 18.0 Å². The van der Waals surface area contributed by atoms with E-state index >= 15 is 0 Å². The van der Waals surface area contributed by atoms with E-state index < -0.39 is 18.5 Å². The van der Waals surface area contributed by atoms with Gasteiger partial charge in [0.25, 0.3) is 0 Å². The van der Waals surface area contributed by atoms with Crippen molar-refractivity contribution in [3.05, 3.63) is 28.2 Å². The van der Waals surface area contributed by atoms with E-state index in [4.69, 9.17) is 23.2 Å². The molecule has 1 atom stereocenters. The van der Waals surface area contributed by atoms with Gasteiger partial charge >= 0.3 is 6.18 Å². The van der Waals surface area contributed by atoms with Crippen LogP contribution >= 0.6 is 23.2 Å². The molecular formula is C14H15Cl2F3N2O. The molecule has 1 amide bonds. The first kappa shape index (κ1) is 17.4. The number of likely N-dealkylation sites (tertiary alicyclic amines) is 1. The van der Waals surface area contributed by atoms with Crippen molar-refractivity contribution in [2.24, 2.45) is 5.92 Å². The third-order valence-electron chi connectivity index (χ3n) is 3.46. The summed E-state index contributed by atoms with van der Waals surface area (Å²) in [5, 5.41) is 3.41. The number of carbonyl (C=O) groups excluding carboxylic acids is 1. The molecule has 1 aliphatic heterocycles. The molecule has 1 saturated heterocycles. The molecule has 1 fully saturated rings. The highest BCUT2D eigenvalue weighted by atomic mass is 35.5. The van der Waals surface area contributed by atoms with Crippen molar-refractivity contribution in [2.45, 2.75) is 19.0 Å². The normalized spacial score (nSPS) is 19.4. The third kappa shape index (κ3) is 5.34. The summed E-state index contributed by atoms with van der Waals surface area (Å²) in [7, 11) is 0. The van der Waals surface area contributed by atoms with Crippen LogP contribution in [0.4, 0.5) is 18.9 Å². The third-order valence-corrected chi connectivity index (χ3v) is 4.02. The summed E-state index contributed by atoms with van der Waals surface area (Å²) in [6, 6.07) is 4.69. The molecule has 8 heteroatoms. The molecule has 22 heavy (non-hydrogen) atoms. The van der Waals surface area contributed by atoms with Crippen LogP contribution in [0, 0.1) is 5.92 Å². The van der Waals surface area contributed by atoms with E-state index in [1.54, 1.807) is 17.0 Å². The molecule has 1 aromatic carbocycles. The van der Waals surface area contributed by atoms with Gasteiger partial charge in [-0.25, -0.2) is 0 Å². The monoisotopic (exact) mass is 354 g/mol. The highest BCUT2D eigenvalue weighted by Gasteiger charge is 2.35. The largest absolute Gasteiger partial charge is 0.389 e. The van der Waals surface area contributed by atoms with Crippen LogP contribution < -0.4 is 5.32 Å². The van der Waals surface area contributed by atoms with Crippen molar-refractivity contribution in [1.29, 1.82) is 0 Å². The van der Waals surface area contributed by atoms with Crippen molar-refractivity contribution < 1.29 is 18.0 Å². The Kier molecular flexibility index (Phi) is 5.58. The minimum absolute atomic E-state index is 0.0389. The fourth-order valence-corrected chi connectivity index (χ4v) is 2.87. The number of anilines is 1. The topological polar surface area (TPSA) is 32.3 Å². The number of hydrogen-bond acceptors (Lipinski definition) is 2.